The summed E-state index contributed by atoms with van der Waals surface area (Å²) in [5, 5.41) is 28.7. The van der Waals surface area contributed by atoms with Crippen LogP contribution in [0.25, 0.3) is 104 Å². The van der Waals surface area contributed by atoms with Gasteiger partial charge in [-0.05, 0) is 190 Å². The second kappa shape index (κ2) is 45.0. The van der Waals surface area contributed by atoms with Crippen LogP contribution >= 0.6 is 28.3 Å². The number of aromatic nitrogens is 11. The average molecular weight is 1770 g/mol. The Labute approximate surface area is 768 Å². The van der Waals surface area contributed by atoms with E-state index in [-0.39, 0.29) is 89.8 Å². The fraction of sp³-hybridized carbons (Fsp3) is 0.337. The second-order valence-corrected chi connectivity index (χ2v) is 32.6. The van der Waals surface area contributed by atoms with Crippen LogP contribution in [0.4, 0.5) is 21.0 Å². The number of rotatable bonds is 6. The average Bonchev–Trinajstić information content (AvgIpc) is 1.67. The summed E-state index contributed by atoms with van der Waals surface area (Å²) in [6, 6.07) is 51.3. The molecule has 0 bridgehead atoms. The third kappa shape index (κ3) is 23.3. The van der Waals surface area contributed by atoms with Crippen molar-refractivity contribution in [3.63, 3.8) is 0 Å². The molecule has 1 N–H and O–H groups in total. The number of ether oxygens (including phenoxy) is 2. The first-order chi connectivity index (χ1) is 57.8. The minimum absolute atomic E-state index is 0. The molecule has 10 heterocycles. The van der Waals surface area contributed by atoms with Gasteiger partial charge in [-0.25, -0.2) is 19.0 Å². The molecule has 20 rings (SSSR count). The summed E-state index contributed by atoms with van der Waals surface area (Å²) in [5.41, 5.74) is 58.7. The number of carbonyl (C=O) groups is 2. The van der Waals surface area contributed by atoms with Gasteiger partial charge in [-0.2, -0.15) is 0 Å². The first-order valence-electron chi connectivity index (χ1n) is 39.8. The van der Waals surface area contributed by atoms with Crippen molar-refractivity contribution in [2.45, 2.75) is 165 Å². The maximum absolute atomic E-state index is 12.3. The zero-order valence-electron chi connectivity index (χ0n) is 68.6. The molecule has 27 nitrogen and oxygen atoms in total. The van der Waals surface area contributed by atoms with Crippen molar-refractivity contribution in [1.82, 2.24) is 70.0 Å². The first-order valence-corrected chi connectivity index (χ1v) is 40.6. The van der Waals surface area contributed by atoms with Gasteiger partial charge in [0.25, 0.3) is 0 Å². The van der Waals surface area contributed by atoms with Crippen molar-refractivity contribution in [2.24, 2.45) is 16.1 Å². The molecule has 0 atom stereocenters. The molecule has 0 radical (unpaired) electrons. The van der Waals surface area contributed by atoms with Gasteiger partial charge in [0, 0.05) is 161 Å². The zero-order chi connectivity index (χ0) is 83.2. The number of carbonyl (C=O) groups excluding carboxylic acids is 2. The molecule has 640 valence electrons. The van der Waals surface area contributed by atoms with Crippen LogP contribution in [0.2, 0.25) is 0 Å². The molecule has 5 aromatic carbocycles. The minimum Gasteiger partial charge on any atom is -0.444 e. The van der Waals surface area contributed by atoms with E-state index in [0.29, 0.717) is 49.4 Å². The number of benzene rings is 5. The van der Waals surface area contributed by atoms with E-state index in [1.807, 2.05) is 130 Å². The molecule has 8 aliphatic rings. The number of terminal acetylenes is 1. The number of hydrogen-bond donors (Lipinski definition) is 1. The molecule has 2 amide bonds. The van der Waals surface area contributed by atoms with Crippen LogP contribution in [0, 0.1) is 18.3 Å². The minimum atomic E-state index is -0.472. The normalized spacial score (nSPS) is 13.8. The van der Waals surface area contributed by atoms with Gasteiger partial charge in [0.2, 0.25) is 0 Å². The van der Waals surface area contributed by atoms with Crippen LogP contribution in [0.3, 0.4) is 0 Å². The number of hydrogen-bond acceptors (Lipinski definition) is 16. The van der Waals surface area contributed by atoms with Gasteiger partial charge in [-0.1, -0.05) is 188 Å². The van der Waals surface area contributed by atoms with Crippen LogP contribution < -0.4 is 34.9 Å². The van der Waals surface area contributed by atoms with Crippen LogP contribution in [-0.2, 0) is 41.6 Å². The van der Waals surface area contributed by atoms with Crippen molar-refractivity contribution in [2.75, 3.05) is 39.3 Å². The molecule has 0 spiro atoms. The zero-order valence-corrected chi connectivity index (χ0v) is 73.0. The monoisotopic (exact) mass is 1770 g/mol. The summed E-state index contributed by atoms with van der Waals surface area (Å²) < 4.78 is 15.7. The molecule has 3 aliphatic heterocycles. The number of halogens is 2. The van der Waals surface area contributed by atoms with Crippen LogP contribution in [0.5, 0.6) is 0 Å². The van der Waals surface area contributed by atoms with E-state index in [1.54, 1.807) is 34.3 Å². The number of amides is 2. The summed E-state index contributed by atoms with van der Waals surface area (Å²) >= 11 is 3.58. The molecule has 3 fully saturated rings. The summed E-state index contributed by atoms with van der Waals surface area (Å²) in [7, 11) is 0. The van der Waals surface area contributed by atoms with Crippen LogP contribution in [0.1, 0.15) is 189 Å². The van der Waals surface area contributed by atoms with E-state index < -0.39 is 11.2 Å². The Balaban J connectivity index is 0.000000187. The molecule has 0 saturated carbocycles. The number of nitrogens with one attached hydrogen (secondary N) is 1. The molecular formula is C95H106BrClN23NaO4. The largest absolute Gasteiger partial charge is 1.00 e. The SMILES string of the molecule is Brc1ccnc2c1-c1ccccc1C2.C.C.C.C.C#CC1CCN(C(=O)OC(C)(C)C)CC1.CC(C)(C)OC(=O)N1CCC(c2cn(-c3ccnc4c3-c3ccccc3C4)nn2)CC1.Cl.[N-]=[N+]=Nc1ccnc2c1-c1ccccc1C2.[N-]=[N+]=Nc1ccnc2c1-c1ccccc1C2.[N-]=[N+]=[N-].[Na+].c1ccc2c(c1)Cc1nccc(-n3cc(C4CCNCC4)nn3)c1-2. The summed E-state index contributed by atoms with van der Waals surface area (Å²) in [6.45, 7) is 16.2. The number of fused-ring (bicyclic) bond motifs is 15. The molecular weight excluding hydrogens is 1670 g/mol. The Bertz CT molecular complexity index is 5810. The van der Waals surface area contributed by atoms with Gasteiger partial charge in [-0.3, -0.25) is 29.8 Å². The smallest absolute Gasteiger partial charge is 0.444 e. The number of likely N-dealkylation sites (tertiary alicyclic amines) is 2. The molecule has 3 saturated heterocycles. The predicted octanol–water partition coefficient (Wildman–Crippen LogP) is 20.8. The van der Waals surface area contributed by atoms with Gasteiger partial charge in [0.15, 0.2) is 0 Å². The summed E-state index contributed by atoms with van der Waals surface area (Å²) in [4.78, 5) is 57.0. The standard InChI is InChI=1S/C24H27N5O2.C19H19N5.C12H8BrN.2C12H8N4.C12H19NO2.4CH4.ClH.N3.Na/c1-24(2,3)31-23(30)28-12-9-16(10-13-28)20-15-29(27-26-20)21-8-11-25-19-14-17-6-4-5-7-18(17)22(19)21;1-2-4-15-14(3-1)11-16-19(15)18(7-10-21-16)24-12-17(22-23-24)13-5-8-20-9-6-13;13-10-5-6-14-11-7-8-3-1-2-4-9(8)12(10)11;2*13-16-15-10-5-6-14-11-7-8-3-1-2-4-9(8)12(10)11;1-5-10-6-8-13(9-7-10)11(14)15-12(2,3)4;;;;;;1-3-2;/h4-8,11,15-16H,9-10,12-14H2,1-3H3;1-4,7,10,12-13,20H,5-6,8-9,11H2;1-6H,7H2;2*1-6H,7H2;1,10H,6-9H2,2-4H3;4*1H4;1H;;/q;;;;;;;;;;;-1;+1. The van der Waals surface area contributed by atoms with Gasteiger partial charge < -0.3 is 35.7 Å². The maximum Gasteiger partial charge on any atom is 1.00 e. The van der Waals surface area contributed by atoms with E-state index in [2.05, 4.69) is 184 Å². The van der Waals surface area contributed by atoms with Gasteiger partial charge in [0.05, 0.1) is 63.6 Å². The second-order valence-electron chi connectivity index (χ2n) is 31.7. The fourth-order valence-electron chi connectivity index (χ4n) is 16.2. The maximum atomic E-state index is 12.3. The van der Waals surface area contributed by atoms with Crippen LogP contribution in [0.15, 0.2) is 210 Å². The quantitative estimate of drug-likeness (QED) is 0.0532. The van der Waals surface area contributed by atoms with Crippen molar-refractivity contribution < 1.29 is 48.6 Å². The first kappa shape index (κ1) is 98.3. The van der Waals surface area contributed by atoms with E-state index >= 15 is 0 Å². The molecule has 125 heavy (non-hydrogen) atoms. The Kier molecular flexibility index (Phi) is 35.4. The topological polar surface area (TPSA) is 353 Å². The molecule has 12 aromatic rings. The molecule has 7 aromatic heterocycles. The Morgan fingerprint density at radius 1 is 0.456 bits per heavy atom. The number of pyridine rings is 5. The predicted molar refractivity (Wildman–Crippen MR) is 496 cm³/mol. The number of piperidine rings is 3. The summed E-state index contributed by atoms with van der Waals surface area (Å²) in [6.07, 6.45) is 28.1. The third-order valence-electron chi connectivity index (χ3n) is 21.8. The van der Waals surface area contributed by atoms with Crippen LogP contribution in [-0.4, -0.2) is 127 Å². The summed E-state index contributed by atoms with van der Waals surface area (Å²) in [5.74, 6) is 3.86. The number of azide groups is 2. The molecule has 5 aliphatic carbocycles. The van der Waals surface area contributed by atoms with Gasteiger partial charge in [-0.15, -0.1) is 34.9 Å². The Hall–Kier alpha value is -12.1. The van der Waals surface area contributed by atoms with E-state index in [0.717, 1.165) is 162 Å². The third-order valence-corrected chi connectivity index (χ3v) is 22.4. The van der Waals surface area contributed by atoms with Gasteiger partial charge in [0.1, 0.15) is 11.2 Å². The van der Waals surface area contributed by atoms with Crippen molar-refractivity contribution in [1.29, 1.82) is 0 Å². The molecule has 0 unspecified atom stereocenters. The molecule has 30 heteroatoms. The van der Waals surface area contributed by atoms with Crippen molar-refractivity contribution in [3.05, 3.63) is 304 Å². The van der Waals surface area contributed by atoms with Crippen molar-refractivity contribution in [3.8, 4) is 79.4 Å². The Morgan fingerprint density at radius 2 is 0.760 bits per heavy atom. The van der Waals surface area contributed by atoms with E-state index in [1.165, 1.54) is 66.2 Å². The Morgan fingerprint density at radius 3 is 1.11 bits per heavy atom. The van der Waals surface area contributed by atoms with Gasteiger partial charge >= 0.3 is 41.7 Å². The van der Waals surface area contributed by atoms with E-state index in [4.69, 9.17) is 38.0 Å². The number of nitrogens with zero attached hydrogens (tertiary/aromatic N) is 22. The van der Waals surface area contributed by atoms with Crippen molar-refractivity contribution >= 4 is 51.9 Å². The van der Waals surface area contributed by atoms with E-state index in [9.17, 15) is 9.59 Å². The fourth-order valence-corrected chi connectivity index (χ4v) is 16.8.